The van der Waals surface area contributed by atoms with Crippen LogP contribution in [-0.2, 0) is 16.6 Å². The lowest BCUT2D eigenvalue weighted by molar-refractivity contribution is 0.318. The summed E-state index contributed by atoms with van der Waals surface area (Å²) in [6.07, 6.45) is 1.07. The summed E-state index contributed by atoms with van der Waals surface area (Å²) in [5.41, 5.74) is 6.27. The van der Waals surface area contributed by atoms with Crippen LogP contribution in [0, 0.1) is 5.82 Å². The van der Waals surface area contributed by atoms with Gasteiger partial charge in [0.25, 0.3) is 0 Å². The van der Waals surface area contributed by atoms with Crippen molar-refractivity contribution in [3.63, 3.8) is 0 Å². The lowest BCUT2D eigenvalue weighted by atomic mass is 10.1. The summed E-state index contributed by atoms with van der Waals surface area (Å²) in [7, 11) is -3.21. The van der Waals surface area contributed by atoms with E-state index in [2.05, 4.69) is 15.2 Å². The molecule has 0 aliphatic heterocycles. The van der Waals surface area contributed by atoms with Crippen LogP contribution >= 0.6 is 0 Å². The van der Waals surface area contributed by atoms with Gasteiger partial charge in [0.2, 0.25) is 10.0 Å². The summed E-state index contributed by atoms with van der Waals surface area (Å²) in [5.74, 6) is -0.676. The summed E-state index contributed by atoms with van der Waals surface area (Å²) >= 11 is 0. The van der Waals surface area contributed by atoms with Crippen LogP contribution in [0.15, 0.2) is 23.4 Å². The molecule has 112 valence electrons. The van der Waals surface area contributed by atoms with Crippen molar-refractivity contribution in [3.05, 3.63) is 35.1 Å². The zero-order valence-corrected chi connectivity index (χ0v) is 11.7. The maximum absolute atomic E-state index is 13.3. The van der Waals surface area contributed by atoms with Crippen molar-refractivity contribution < 1.29 is 18.0 Å². The van der Waals surface area contributed by atoms with Gasteiger partial charge in [0.1, 0.15) is 5.82 Å². The predicted molar refractivity (Wildman–Crippen MR) is 73.5 cm³/mol. The smallest absolute Gasteiger partial charge is 0.208 e. The number of rotatable bonds is 7. The van der Waals surface area contributed by atoms with Gasteiger partial charge in [-0.3, -0.25) is 0 Å². The molecule has 0 aliphatic rings. The molecule has 0 saturated heterocycles. The molecule has 20 heavy (non-hydrogen) atoms. The van der Waals surface area contributed by atoms with Gasteiger partial charge >= 0.3 is 0 Å². The number of benzene rings is 1. The highest BCUT2D eigenvalue weighted by Gasteiger charge is 2.05. The monoisotopic (exact) mass is 304 g/mol. The summed E-state index contributed by atoms with van der Waals surface area (Å²) < 4.78 is 37.3. The minimum atomic E-state index is -3.21. The van der Waals surface area contributed by atoms with E-state index in [4.69, 9.17) is 10.9 Å². The second kappa shape index (κ2) is 7.17. The van der Waals surface area contributed by atoms with Gasteiger partial charge in [-0.1, -0.05) is 5.16 Å². The number of halogens is 1. The zero-order chi connectivity index (χ0) is 15.2. The molecule has 0 fully saturated rings. The first-order valence-corrected chi connectivity index (χ1v) is 7.63. The summed E-state index contributed by atoms with van der Waals surface area (Å²) in [6.45, 7) is 0.957. The number of sulfonamides is 1. The number of hydrogen-bond donors (Lipinski definition) is 4. The molecule has 7 nitrogen and oxygen atoms in total. The van der Waals surface area contributed by atoms with E-state index in [0.717, 1.165) is 12.3 Å². The van der Waals surface area contributed by atoms with Crippen molar-refractivity contribution in [2.24, 2.45) is 10.9 Å². The van der Waals surface area contributed by atoms with E-state index in [0.29, 0.717) is 18.7 Å². The highest BCUT2D eigenvalue weighted by atomic mass is 32.2. The molecule has 0 spiro atoms. The lowest BCUT2D eigenvalue weighted by Crippen LogP contribution is -2.30. The zero-order valence-electron chi connectivity index (χ0n) is 10.9. The topological polar surface area (TPSA) is 117 Å². The molecule has 1 aromatic rings. The van der Waals surface area contributed by atoms with Gasteiger partial charge in [0.05, 0.1) is 6.26 Å². The van der Waals surface area contributed by atoms with Crippen LogP contribution < -0.4 is 15.8 Å². The normalized spacial score (nSPS) is 12.6. The molecular formula is C11H17FN4O3S. The van der Waals surface area contributed by atoms with Crippen molar-refractivity contribution in [2.75, 3.05) is 19.3 Å². The van der Waals surface area contributed by atoms with Crippen molar-refractivity contribution >= 4 is 15.9 Å². The van der Waals surface area contributed by atoms with Gasteiger partial charge in [-0.15, -0.1) is 0 Å². The van der Waals surface area contributed by atoms with E-state index < -0.39 is 15.8 Å². The first kappa shape index (κ1) is 16.3. The summed E-state index contributed by atoms with van der Waals surface area (Å²) in [5, 5.41) is 14.3. The maximum atomic E-state index is 13.3. The lowest BCUT2D eigenvalue weighted by Gasteiger charge is -2.07. The van der Waals surface area contributed by atoms with Crippen molar-refractivity contribution in [2.45, 2.75) is 6.54 Å². The molecule has 0 amide bonds. The first-order chi connectivity index (χ1) is 9.31. The second-order valence-electron chi connectivity index (χ2n) is 4.18. The fraction of sp³-hybridized carbons (Fsp3) is 0.364. The molecular weight excluding hydrogens is 287 g/mol. The fourth-order valence-corrected chi connectivity index (χ4v) is 1.99. The quantitative estimate of drug-likeness (QED) is 0.179. The minimum Gasteiger partial charge on any atom is -0.409 e. The Morgan fingerprint density at radius 2 is 2.10 bits per heavy atom. The maximum Gasteiger partial charge on any atom is 0.208 e. The Kier molecular flexibility index (Phi) is 5.86. The van der Waals surface area contributed by atoms with Gasteiger partial charge in [-0.2, -0.15) is 0 Å². The van der Waals surface area contributed by atoms with Gasteiger partial charge in [-0.05, 0) is 23.8 Å². The Bertz CT molecular complexity index is 589. The third-order valence-corrected chi connectivity index (χ3v) is 3.08. The van der Waals surface area contributed by atoms with Gasteiger partial charge < -0.3 is 16.3 Å². The number of nitrogens with two attached hydrogens (primary N) is 1. The van der Waals surface area contributed by atoms with E-state index in [1.807, 2.05) is 0 Å². The van der Waals surface area contributed by atoms with E-state index in [1.165, 1.54) is 6.07 Å². The number of amidine groups is 1. The van der Waals surface area contributed by atoms with E-state index in [1.54, 1.807) is 6.07 Å². The molecule has 0 atom stereocenters. The highest BCUT2D eigenvalue weighted by molar-refractivity contribution is 7.88. The molecule has 0 radical (unpaired) electrons. The average molecular weight is 304 g/mol. The third-order valence-electron chi connectivity index (χ3n) is 2.36. The van der Waals surface area contributed by atoms with Gasteiger partial charge in [0.15, 0.2) is 5.84 Å². The van der Waals surface area contributed by atoms with Crippen molar-refractivity contribution in [1.29, 1.82) is 0 Å². The Labute approximate surface area is 116 Å². The standard InChI is InChI=1S/C11H17FN4O3S/c1-20(18,19)15-3-2-14-7-8-4-9(11(13)16-17)6-10(12)5-8/h4-6,14-15,17H,2-3,7H2,1H3,(H2,13,16). The Hall–Kier alpha value is -1.71. The van der Waals surface area contributed by atoms with E-state index in [-0.39, 0.29) is 17.9 Å². The van der Waals surface area contributed by atoms with Gasteiger partial charge in [-0.25, -0.2) is 17.5 Å². The predicted octanol–water partition coefficient (Wildman–Crippen LogP) is -0.441. The van der Waals surface area contributed by atoms with E-state index in [9.17, 15) is 12.8 Å². The number of hydrogen-bond acceptors (Lipinski definition) is 5. The van der Waals surface area contributed by atoms with Crippen LogP contribution in [0.4, 0.5) is 4.39 Å². The fourth-order valence-electron chi connectivity index (χ4n) is 1.52. The molecule has 0 aliphatic carbocycles. The average Bonchev–Trinajstić information content (AvgIpc) is 2.35. The SMILES string of the molecule is CS(=O)(=O)NCCNCc1cc(F)cc(/C(N)=N/O)c1. The third kappa shape index (κ3) is 5.95. The molecule has 0 heterocycles. The molecule has 0 bridgehead atoms. The number of nitrogens with zero attached hydrogens (tertiary/aromatic N) is 1. The summed E-state index contributed by atoms with van der Waals surface area (Å²) in [4.78, 5) is 0. The number of nitrogens with one attached hydrogen (secondary N) is 2. The largest absolute Gasteiger partial charge is 0.409 e. The van der Waals surface area contributed by atoms with Gasteiger partial charge in [0, 0.05) is 25.2 Å². The van der Waals surface area contributed by atoms with Crippen LogP contribution in [0.25, 0.3) is 0 Å². The highest BCUT2D eigenvalue weighted by Crippen LogP contribution is 2.09. The number of oxime groups is 1. The Morgan fingerprint density at radius 1 is 1.40 bits per heavy atom. The minimum absolute atomic E-state index is 0.176. The van der Waals surface area contributed by atoms with Crippen LogP contribution in [0.2, 0.25) is 0 Å². The Morgan fingerprint density at radius 3 is 2.70 bits per heavy atom. The molecule has 0 saturated carbocycles. The van der Waals surface area contributed by atoms with Crippen molar-refractivity contribution in [3.8, 4) is 0 Å². The summed E-state index contributed by atoms with van der Waals surface area (Å²) in [6, 6.07) is 4.05. The first-order valence-electron chi connectivity index (χ1n) is 5.74. The molecule has 0 aromatic heterocycles. The molecule has 9 heteroatoms. The van der Waals surface area contributed by atoms with Crippen molar-refractivity contribution in [1.82, 2.24) is 10.0 Å². The van der Waals surface area contributed by atoms with Crippen LogP contribution in [0.3, 0.4) is 0 Å². The second-order valence-corrected chi connectivity index (χ2v) is 6.01. The van der Waals surface area contributed by atoms with Crippen LogP contribution in [-0.4, -0.2) is 38.8 Å². The molecule has 1 aromatic carbocycles. The Balaban J connectivity index is 2.54. The van der Waals surface area contributed by atoms with Crippen LogP contribution in [0.1, 0.15) is 11.1 Å². The molecule has 1 rings (SSSR count). The molecule has 0 unspecified atom stereocenters. The van der Waals surface area contributed by atoms with Crippen LogP contribution in [0.5, 0.6) is 0 Å². The molecule has 5 N–H and O–H groups in total. The van der Waals surface area contributed by atoms with E-state index >= 15 is 0 Å².